The highest BCUT2D eigenvalue weighted by molar-refractivity contribution is 5.53. The topological polar surface area (TPSA) is 34.1 Å². The van der Waals surface area contributed by atoms with Gasteiger partial charge in [-0.3, -0.25) is 0 Å². The molecule has 0 bridgehead atoms. The lowest BCUT2D eigenvalue weighted by atomic mass is 9.87. The molecule has 18 heavy (non-hydrogen) atoms. The summed E-state index contributed by atoms with van der Waals surface area (Å²) in [5, 5.41) is 3.62. The van der Waals surface area contributed by atoms with Crippen LogP contribution in [-0.2, 0) is 0 Å². The second-order valence-corrected chi connectivity index (χ2v) is 6.10. The van der Waals surface area contributed by atoms with E-state index in [1.54, 1.807) is 6.20 Å². The molecule has 2 rings (SSSR count). The number of rotatable bonds is 4. The van der Waals surface area contributed by atoms with E-state index in [2.05, 4.69) is 30.2 Å². The summed E-state index contributed by atoms with van der Waals surface area (Å²) >= 11 is 0. The molecule has 0 aliphatic heterocycles. The van der Waals surface area contributed by atoms with Crippen LogP contribution < -0.4 is 10.1 Å². The van der Waals surface area contributed by atoms with Crippen LogP contribution in [0.2, 0.25) is 0 Å². The Morgan fingerprint density at radius 1 is 1.44 bits per heavy atom. The van der Waals surface area contributed by atoms with Crippen molar-refractivity contribution in [1.29, 1.82) is 0 Å². The third-order valence-corrected chi connectivity index (χ3v) is 3.71. The molecule has 1 saturated carbocycles. The lowest BCUT2D eigenvalue weighted by Crippen LogP contribution is -2.31. The van der Waals surface area contributed by atoms with Gasteiger partial charge in [-0.25, -0.2) is 4.98 Å². The Labute approximate surface area is 110 Å². The summed E-state index contributed by atoms with van der Waals surface area (Å²) < 4.78 is 5.75. The number of hydrogen-bond donors (Lipinski definition) is 1. The van der Waals surface area contributed by atoms with Gasteiger partial charge in [-0.05, 0) is 44.2 Å². The van der Waals surface area contributed by atoms with Gasteiger partial charge in [0, 0.05) is 12.2 Å². The maximum absolute atomic E-state index is 5.75. The Balaban J connectivity index is 2.13. The molecule has 3 nitrogen and oxygen atoms in total. The fraction of sp³-hybridized carbons (Fsp3) is 0.667. The normalized spacial score (nSPS) is 22.2. The molecule has 0 spiro atoms. The Kier molecular flexibility index (Phi) is 3.79. The minimum Gasteiger partial charge on any atom is -0.473 e. The van der Waals surface area contributed by atoms with E-state index in [4.69, 9.17) is 4.74 Å². The van der Waals surface area contributed by atoms with Crippen LogP contribution in [0.15, 0.2) is 18.3 Å². The maximum atomic E-state index is 5.75. The van der Waals surface area contributed by atoms with Crippen LogP contribution in [0.5, 0.6) is 5.88 Å². The summed E-state index contributed by atoms with van der Waals surface area (Å²) in [4.78, 5) is 4.32. The zero-order valence-electron chi connectivity index (χ0n) is 11.9. The highest BCUT2D eigenvalue weighted by Crippen LogP contribution is 2.40. The average Bonchev–Trinajstić information content (AvgIpc) is 2.60. The fourth-order valence-corrected chi connectivity index (χ4v) is 2.60. The highest BCUT2D eigenvalue weighted by Gasteiger charge is 2.34. The average molecular weight is 248 g/mol. The lowest BCUT2D eigenvalue weighted by molar-refractivity contribution is 0.233. The molecule has 1 fully saturated rings. The number of anilines is 1. The summed E-state index contributed by atoms with van der Waals surface area (Å²) in [5.41, 5.74) is 1.37. The van der Waals surface area contributed by atoms with Gasteiger partial charge in [0.25, 0.3) is 0 Å². The molecule has 0 aromatic carbocycles. The van der Waals surface area contributed by atoms with E-state index in [-0.39, 0.29) is 6.10 Å². The second-order valence-electron chi connectivity index (χ2n) is 6.10. The first kappa shape index (κ1) is 13.2. The van der Waals surface area contributed by atoms with Crippen molar-refractivity contribution in [2.75, 3.05) is 5.32 Å². The van der Waals surface area contributed by atoms with Gasteiger partial charge in [-0.1, -0.05) is 20.3 Å². The molecule has 1 unspecified atom stereocenters. The van der Waals surface area contributed by atoms with Crippen molar-refractivity contribution in [2.45, 2.75) is 59.1 Å². The molecule has 0 saturated heterocycles. The summed E-state index contributed by atoms with van der Waals surface area (Å²) in [6.45, 7) is 8.71. The van der Waals surface area contributed by atoms with E-state index in [1.807, 2.05) is 19.9 Å². The van der Waals surface area contributed by atoms with E-state index in [9.17, 15) is 0 Å². The quantitative estimate of drug-likeness (QED) is 0.878. The number of hydrogen-bond acceptors (Lipinski definition) is 3. The minimum absolute atomic E-state index is 0.150. The van der Waals surface area contributed by atoms with Crippen molar-refractivity contribution in [3.63, 3.8) is 0 Å². The smallest absolute Gasteiger partial charge is 0.237 e. The number of pyridine rings is 1. The van der Waals surface area contributed by atoms with Gasteiger partial charge in [0.2, 0.25) is 5.88 Å². The Bertz CT molecular complexity index is 401. The van der Waals surface area contributed by atoms with Gasteiger partial charge >= 0.3 is 0 Å². The first-order valence-corrected chi connectivity index (χ1v) is 6.87. The third kappa shape index (κ3) is 2.95. The van der Waals surface area contributed by atoms with Gasteiger partial charge in [-0.15, -0.1) is 0 Å². The number of aromatic nitrogens is 1. The van der Waals surface area contributed by atoms with Crippen molar-refractivity contribution in [3.8, 4) is 5.88 Å². The molecular weight excluding hydrogens is 224 g/mol. The zero-order valence-corrected chi connectivity index (χ0v) is 11.9. The zero-order chi connectivity index (χ0) is 13.2. The molecule has 1 heterocycles. The highest BCUT2D eigenvalue weighted by atomic mass is 16.5. The summed E-state index contributed by atoms with van der Waals surface area (Å²) in [6, 6.07) is 4.52. The Hall–Kier alpha value is -1.25. The Morgan fingerprint density at radius 3 is 2.83 bits per heavy atom. The monoisotopic (exact) mass is 248 g/mol. The number of nitrogens with zero attached hydrogens (tertiary/aromatic N) is 1. The molecule has 100 valence electrons. The summed E-state index contributed by atoms with van der Waals surface area (Å²) in [5.74, 6) is 0.718. The predicted octanol–water partition coefficient (Wildman–Crippen LogP) is 3.86. The van der Waals surface area contributed by atoms with Crippen LogP contribution in [0.25, 0.3) is 0 Å². The second kappa shape index (κ2) is 5.17. The van der Waals surface area contributed by atoms with Gasteiger partial charge in [0.05, 0.1) is 11.8 Å². The van der Waals surface area contributed by atoms with Gasteiger partial charge in [-0.2, -0.15) is 0 Å². The van der Waals surface area contributed by atoms with Gasteiger partial charge in [0.1, 0.15) is 0 Å². The number of nitrogens with one attached hydrogen (secondary N) is 1. The largest absolute Gasteiger partial charge is 0.473 e. The third-order valence-electron chi connectivity index (χ3n) is 3.71. The standard InChI is InChI=1S/C15H24N2O/c1-11(2)18-14-12(7-6-10-16-14)17-13-8-5-9-15(13,3)4/h6-7,10-11,13,17H,5,8-9H2,1-4H3. The van der Waals surface area contributed by atoms with Gasteiger partial charge in [0.15, 0.2) is 0 Å². The maximum Gasteiger partial charge on any atom is 0.237 e. The molecular formula is C15H24N2O. The van der Waals surface area contributed by atoms with Crippen LogP contribution in [0.1, 0.15) is 47.0 Å². The SMILES string of the molecule is CC(C)Oc1ncccc1NC1CCCC1(C)C. The first-order valence-electron chi connectivity index (χ1n) is 6.87. The van der Waals surface area contributed by atoms with E-state index < -0.39 is 0 Å². The number of ether oxygens (including phenoxy) is 1. The molecule has 0 radical (unpaired) electrons. The van der Waals surface area contributed by atoms with Crippen LogP contribution in [0.3, 0.4) is 0 Å². The van der Waals surface area contributed by atoms with Crippen molar-refractivity contribution < 1.29 is 4.74 Å². The van der Waals surface area contributed by atoms with Crippen LogP contribution in [-0.4, -0.2) is 17.1 Å². The first-order chi connectivity index (χ1) is 8.49. The molecule has 1 aliphatic carbocycles. The molecule has 1 N–H and O–H groups in total. The molecule has 1 atom stereocenters. The van der Waals surface area contributed by atoms with E-state index in [0.29, 0.717) is 11.5 Å². The predicted molar refractivity (Wildman–Crippen MR) is 75.0 cm³/mol. The Morgan fingerprint density at radius 2 is 2.22 bits per heavy atom. The molecule has 3 heteroatoms. The molecule has 1 aromatic rings. The van der Waals surface area contributed by atoms with Crippen LogP contribution in [0.4, 0.5) is 5.69 Å². The van der Waals surface area contributed by atoms with Crippen molar-refractivity contribution in [2.24, 2.45) is 5.41 Å². The van der Waals surface area contributed by atoms with Crippen molar-refractivity contribution in [1.82, 2.24) is 4.98 Å². The van der Waals surface area contributed by atoms with Gasteiger partial charge < -0.3 is 10.1 Å². The molecule has 1 aliphatic rings. The molecule has 1 aromatic heterocycles. The molecule has 0 amide bonds. The van der Waals surface area contributed by atoms with Crippen molar-refractivity contribution >= 4 is 5.69 Å². The van der Waals surface area contributed by atoms with Crippen molar-refractivity contribution in [3.05, 3.63) is 18.3 Å². The van der Waals surface area contributed by atoms with Crippen LogP contribution in [0, 0.1) is 5.41 Å². The summed E-state index contributed by atoms with van der Waals surface area (Å²) in [7, 11) is 0. The fourth-order valence-electron chi connectivity index (χ4n) is 2.60. The van der Waals surface area contributed by atoms with E-state index >= 15 is 0 Å². The minimum atomic E-state index is 0.150. The van der Waals surface area contributed by atoms with E-state index in [0.717, 1.165) is 11.6 Å². The van der Waals surface area contributed by atoms with Crippen LogP contribution >= 0.6 is 0 Å². The lowest BCUT2D eigenvalue weighted by Gasteiger charge is -2.29. The van der Waals surface area contributed by atoms with E-state index in [1.165, 1.54) is 19.3 Å². The summed E-state index contributed by atoms with van der Waals surface area (Å²) in [6.07, 6.45) is 5.74.